The third-order valence-electron chi connectivity index (χ3n) is 3.05. The van der Waals surface area contributed by atoms with Crippen LogP contribution in [0.2, 0.25) is 5.02 Å². The zero-order chi connectivity index (χ0) is 15.4. The SMILES string of the molecule is COc1cc(C)nc(COc2ccc(Cl)cc2[C@H](C)N)c1. The highest BCUT2D eigenvalue weighted by atomic mass is 35.5. The quantitative estimate of drug-likeness (QED) is 0.916. The second kappa shape index (κ2) is 6.78. The Kier molecular flexibility index (Phi) is 5.04. The number of aromatic nitrogens is 1. The maximum atomic E-state index is 6.00. The van der Waals surface area contributed by atoms with Gasteiger partial charge in [-0.2, -0.15) is 0 Å². The van der Waals surface area contributed by atoms with Crippen molar-refractivity contribution in [2.75, 3.05) is 7.11 Å². The average molecular weight is 307 g/mol. The molecule has 2 aromatic rings. The number of nitrogens with two attached hydrogens (primary N) is 1. The number of nitrogens with zero attached hydrogens (tertiary/aromatic N) is 1. The van der Waals surface area contributed by atoms with Crippen LogP contribution in [0.3, 0.4) is 0 Å². The van der Waals surface area contributed by atoms with Gasteiger partial charge in [0.25, 0.3) is 0 Å². The predicted octanol–water partition coefficient (Wildman–Crippen LogP) is 3.65. The fourth-order valence-corrected chi connectivity index (χ4v) is 2.23. The largest absolute Gasteiger partial charge is 0.497 e. The lowest BCUT2D eigenvalue weighted by atomic mass is 10.1. The van der Waals surface area contributed by atoms with E-state index in [0.717, 1.165) is 28.5 Å². The van der Waals surface area contributed by atoms with Crippen molar-refractivity contribution in [3.05, 3.63) is 52.3 Å². The van der Waals surface area contributed by atoms with E-state index in [0.29, 0.717) is 11.6 Å². The minimum absolute atomic E-state index is 0.154. The summed E-state index contributed by atoms with van der Waals surface area (Å²) < 4.78 is 11.1. The van der Waals surface area contributed by atoms with Gasteiger partial charge < -0.3 is 15.2 Å². The van der Waals surface area contributed by atoms with Crippen molar-refractivity contribution in [2.24, 2.45) is 5.73 Å². The predicted molar refractivity (Wildman–Crippen MR) is 83.9 cm³/mol. The summed E-state index contributed by atoms with van der Waals surface area (Å²) in [6, 6.07) is 9.01. The van der Waals surface area contributed by atoms with Crippen molar-refractivity contribution in [1.29, 1.82) is 0 Å². The van der Waals surface area contributed by atoms with Gasteiger partial charge in [-0.3, -0.25) is 4.98 Å². The Morgan fingerprint density at radius 2 is 2.05 bits per heavy atom. The summed E-state index contributed by atoms with van der Waals surface area (Å²) >= 11 is 6.00. The van der Waals surface area contributed by atoms with Crippen LogP contribution in [0.25, 0.3) is 0 Å². The molecule has 0 amide bonds. The van der Waals surface area contributed by atoms with Gasteiger partial charge in [0, 0.05) is 34.5 Å². The molecule has 2 N–H and O–H groups in total. The van der Waals surface area contributed by atoms with E-state index in [-0.39, 0.29) is 6.04 Å². The van der Waals surface area contributed by atoms with Crippen molar-refractivity contribution in [1.82, 2.24) is 4.98 Å². The highest BCUT2D eigenvalue weighted by molar-refractivity contribution is 6.30. The summed E-state index contributed by atoms with van der Waals surface area (Å²) in [6.07, 6.45) is 0. The van der Waals surface area contributed by atoms with Gasteiger partial charge in [0.05, 0.1) is 12.8 Å². The first-order chi connectivity index (χ1) is 9.99. The fraction of sp³-hybridized carbons (Fsp3) is 0.312. The zero-order valence-corrected chi connectivity index (χ0v) is 13.1. The van der Waals surface area contributed by atoms with Crippen molar-refractivity contribution in [3.63, 3.8) is 0 Å². The number of benzene rings is 1. The van der Waals surface area contributed by atoms with Gasteiger partial charge in [-0.1, -0.05) is 11.6 Å². The van der Waals surface area contributed by atoms with Crippen LogP contribution in [0.4, 0.5) is 0 Å². The maximum Gasteiger partial charge on any atom is 0.130 e. The Balaban J connectivity index is 2.18. The molecule has 0 radical (unpaired) electrons. The summed E-state index contributed by atoms with van der Waals surface area (Å²) in [4.78, 5) is 4.43. The summed E-state index contributed by atoms with van der Waals surface area (Å²) in [5.41, 5.74) is 8.51. The van der Waals surface area contributed by atoms with Crippen molar-refractivity contribution >= 4 is 11.6 Å². The van der Waals surface area contributed by atoms with Crippen LogP contribution < -0.4 is 15.2 Å². The molecule has 4 nitrogen and oxygen atoms in total. The van der Waals surface area contributed by atoms with E-state index in [2.05, 4.69) is 4.98 Å². The number of ether oxygens (including phenoxy) is 2. The highest BCUT2D eigenvalue weighted by Crippen LogP contribution is 2.28. The fourth-order valence-electron chi connectivity index (χ4n) is 2.05. The number of hydrogen-bond acceptors (Lipinski definition) is 4. The molecule has 112 valence electrons. The van der Waals surface area contributed by atoms with Crippen LogP contribution in [-0.4, -0.2) is 12.1 Å². The lowest BCUT2D eigenvalue weighted by Gasteiger charge is -2.14. The first kappa shape index (κ1) is 15.6. The molecule has 0 saturated carbocycles. The Hall–Kier alpha value is -1.78. The van der Waals surface area contributed by atoms with Crippen LogP contribution in [-0.2, 0) is 6.61 Å². The van der Waals surface area contributed by atoms with Crippen LogP contribution >= 0.6 is 11.6 Å². The smallest absolute Gasteiger partial charge is 0.130 e. The van der Waals surface area contributed by atoms with Gasteiger partial charge in [-0.15, -0.1) is 0 Å². The lowest BCUT2D eigenvalue weighted by molar-refractivity contribution is 0.295. The number of rotatable bonds is 5. The molecule has 1 heterocycles. The summed E-state index contributed by atoms with van der Waals surface area (Å²) in [6.45, 7) is 4.16. The number of pyridine rings is 1. The molecule has 0 saturated heterocycles. The van der Waals surface area contributed by atoms with Gasteiger partial charge in [0.1, 0.15) is 18.1 Å². The molecule has 1 atom stereocenters. The van der Waals surface area contributed by atoms with Crippen LogP contribution in [0.15, 0.2) is 30.3 Å². The molecule has 0 spiro atoms. The van der Waals surface area contributed by atoms with Crippen molar-refractivity contribution in [3.8, 4) is 11.5 Å². The normalized spacial score (nSPS) is 12.0. The first-order valence-electron chi connectivity index (χ1n) is 6.69. The van der Waals surface area contributed by atoms with E-state index in [1.54, 1.807) is 13.2 Å². The molecule has 0 fully saturated rings. The van der Waals surface area contributed by atoms with Gasteiger partial charge in [-0.05, 0) is 32.0 Å². The average Bonchev–Trinajstić information content (AvgIpc) is 2.45. The first-order valence-corrected chi connectivity index (χ1v) is 7.06. The molecule has 0 aliphatic rings. The van der Waals surface area contributed by atoms with E-state index in [9.17, 15) is 0 Å². The minimum atomic E-state index is -0.154. The molecular weight excluding hydrogens is 288 g/mol. The standard InChI is InChI=1S/C16H19ClN2O2/c1-10-6-14(20-3)8-13(19-10)9-21-16-5-4-12(17)7-15(16)11(2)18/h4-8,11H,9,18H2,1-3H3/t11-/m0/s1. The highest BCUT2D eigenvalue weighted by Gasteiger charge is 2.10. The molecule has 0 unspecified atom stereocenters. The molecule has 1 aromatic heterocycles. The van der Waals surface area contributed by atoms with E-state index < -0.39 is 0 Å². The maximum absolute atomic E-state index is 6.00. The third-order valence-corrected chi connectivity index (χ3v) is 3.29. The van der Waals surface area contributed by atoms with Crippen LogP contribution in [0.1, 0.15) is 29.9 Å². The number of halogens is 1. The molecule has 5 heteroatoms. The summed E-state index contributed by atoms with van der Waals surface area (Å²) in [5, 5.41) is 0.644. The van der Waals surface area contributed by atoms with E-state index in [1.165, 1.54) is 0 Å². The van der Waals surface area contributed by atoms with Gasteiger partial charge >= 0.3 is 0 Å². The Bertz CT molecular complexity index is 630. The minimum Gasteiger partial charge on any atom is -0.497 e. The molecule has 1 aromatic carbocycles. The van der Waals surface area contributed by atoms with Gasteiger partial charge in [0.2, 0.25) is 0 Å². The number of hydrogen-bond donors (Lipinski definition) is 1. The van der Waals surface area contributed by atoms with Crippen LogP contribution in [0.5, 0.6) is 11.5 Å². The Labute approximate surface area is 129 Å². The third kappa shape index (κ3) is 4.09. The summed E-state index contributed by atoms with van der Waals surface area (Å²) in [5.74, 6) is 1.49. The molecule has 21 heavy (non-hydrogen) atoms. The molecular formula is C16H19ClN2O2. The molecule has 0 aliphatic carbocycles. The monoisotopic (exact) mass is 306 g/mol. The van der Waals surface area contributed by atoms with E-state index in [1.807, 2.05) is 38.1 Å². The molecule has 0 bridgehead atoms. The van der Waals surface area contributed by atoms with Gasteiger partial charge in [0.15, 0.2) is 0 Å². The molecule has 2 rings (SSSR count). The van der Waals surface area contributed by atoms with Crippen molar-refractivity contribution < 1.29 is 9.47 Å². The Morgan fingerprint density at radius 1 is 1.29 bits per heavy atom. The van der Waals surface area contributed by atoms with Crippen molar-refractivity contribution in [2.45, 2.75) is 26.5 Å². The summed E-state index contributed by atoms with van der Waals surface area (Å²) in [7, 11) is 1.63. The zero-order valence-electron chi connectivity index (χ0n) is 12.4. The van der Waals surface area contributed by atoms with E-state index in [4.69, 9.17) is 26.8 Å². The molecule has 0 aliphatic heterocycles. The van der Waals surface area contributed by atoms with Crippen LogP contribution in [0, 0.1) is 6.92 Å². The van der Waals surface area contributed by atoms with Gasteiger partial charge in [-0.25, -0.2) is 0 Å². The topological polar surface area (TPSA) is 57.4 Å². The lowest BCUT2D eigenvalue weighted by Crippen LogP contribution is -2.08. The number of aryl methyl sites for hydroxylation is 1. The Morgan fingerprint density at radius 3 is 2.71 bits per heavy atom. The van der Waals surface area contributed by atoms with E-state index >= 15 is 0 Å². The number of methoxy groups -OCH3 is 1. The second-order valence-electron chi connectivity index (χ2n) is 4.90. The second-order valence-corrected chi connectivity index (χ2v) is 5.34.